The van der Waals surface area contributed by atoms with Crippen molar-refractivity contribution < 1.29 is 14.3 Å². The minimum absolute atomic E-state index is 0.200. The van der Waals surface area contributed by atoms with Gasteiger partial charge in [0.15, 0.2) is 11.5 Å². The minimum atomic E-state index is -0.200. The van der Waals surface area contributed by atoms with Crippen LogP contribution in [0.3, 0.4) is 0 Å². The molecular formula is C26H35NO3. The second kappa shape index (κ2) is 12.4. The molecule has 1 aliphatic heterocycles. The number of carbonyl (C=O) groups excluding carboxylic acids is 1. The first kappa shape index (κ1) is 22.4. The summed E-state index contributed by atoms with van der Waals surface area (Å²) in [5.41, 5.74) is 1.32. The molecule has 30 heavy (non-hydrogen) atoms. The molecule has 0 aromatic heterocycles. The fourth-order valence-corrected chi connectivity index (χ4v) is 3.85. The van der Waals surface area contributed by atoms with Gasteiger partial charge in [-0.25, -0.2) is 0 Å². The van der Waals surface area contributed by atoms with Gasteiger partial charge in [0.05, 0.1) is 0 Å². The summed E-state index contributed by atoms with van der Waals surface area (Å²) in [6, 6.07) is 16.3. The number of carbonyl (C=O) groups is 1. The van der Waals surface area contributed by atoms with Gasteiger partial charge in [-0.05, 0) is 68.5 Å². The molecule has 1 heterocycles. The molecule has 1 saturated heterocycles. The maximum Gasteiger partial charge on any atom is 0.311 e. The van der Waals surface area contributed by atoms with Crippen LogP contribution in [0.15, 0.2) is 48.5 Å². The standard InChI is InChI=1S/C26H35NO3/c1-2-3-4-5-13-26(28)30-25-12-7-6-11-24(25)29-23-18-15-21(16-19-23)14-17-22-10-8-9-20-27-22/h6-7,11-12,15-16,18-19,22,27H,2-5,8-10,13-14,17,20H2,1H3. The van der Waals surface area contributed by atoms with Crippen LogP contribution in [-0.2, 0) is 11.2 Å². The van der Waals surface area contributed by atoms with Gasteiger partial charge < -0.3 is 14.8 Å². The Morgan fingerprint density at radius 1 is 1.00 bits per heavy atom. The van der Waals surface area contributed by atoms with Gasteiger partial charge >= 0.3 is 5.97 Å². The first-order valence-electron chi connectivity index (χ1n) is 11.5. The molecule has 2 aromatic carbocycles. The van der Waals surface area contributed by atoms with Crippen LogP contribution in [0.2, 0.25) is 0 Å². The summed E-state index contributed by atoms with van der Waals surface area (Å²) < 4.78 is 11.6. The topological polar surface area (TPSA) is 47.6 Å². The largest absolute Gasteiger partial charge is 0.453 e. The minimum Gasteiger partial charge on any atom is -0.453 e. The summed E-state index contributed by atoms with van der Waals surface area (Å²) in [5, 5.41) is 3.61. The van der Waals surface area contributed by atoms with E-state index >= 15 is 0 Å². The number of ether oxygens (including phenoxy) is 2. The number of para-hydroxylation sites is 2. The van der Waals surface area contributed by atoms with E-state index in [1.807, 2.05) is 30.3 Å². The Balaban J connectivity index is 1.51. The molecule has 4 nitrogen and oxygen atoms in total. The molecule has 0 radical (unpaired) electrons. The van der Waals surface area contributed by atoms with Gasteiger partial charge in [0.2, 0.25) is 0 Å². The van der Waals surface area contributed by atoms with Crippen molar-refractivity contribution in [2.24, 2.45) is 0 Å². The molecule has 1 fully saturated rings. The number of aryl methyl sites for hydroxylation is 1. The lowest BCUT2D eigenvalue weighted by atomic mass is 9.98. The Kier molecular flexibility index (Phi) is 9.23. The van der Waals surface area contributed by atoms with Crippen molar-refractivity contribution in [3.63, 3.8) is 0 Å². The van der Waals surface area contributed by atoms with E-state index in [1.54, 1.807) is 6.07 Å². The summed E-state index contributed by atoms with van der Waals surface area (Å²) in [4.78, 5) is 12.1. The van der Waals surface area contributed by atoms with Crippen LogP contribution in [-0.4, -0.2) is 18.6 Å². The van der Waals surface area contributed by atoms with E-state index in [0.717, 1.165) is 44.4 Å². The monoisotopic (exact) mass is 409 g/mol. The predicted octanol–water partition coefficient (Wildman–Crippen LogP) is 6.43. The summed E-state index contributed by atoms with van der Waals surface area (Å²) in [6.07, 6.45) is 10.9. The Hall–Kier alpha value is -2.33. The Morgan fingerprint density at radius 3 is 2.53 bits per heavy atom. The van der Waals surface area contributed by atoms with Crippen LogP contribution in [0.25, 0.3) is 0 Å². The Morgan fingerprint density at radius 2 is 1.80 bits per heavy atom. The van der Waals surface area contributed by atoms with Crippen molar-refractivity contribution in [1.29, 1.82) is 0 Å². The van der Waals surface area contributed by atoms with E-state index in [4.69, 9.17) is 9.47 Å². The van der Waals surface area contributed by atoms with E-state index in [0.29, 0.717) is 24.0 Å². The number of benzene rings is 2. The number of hydrogen-bond acceptors (Lipinski definition) is 4. The van der Waals surface area contributed by atoms with Crippen molar-refractivity contribution in [2.75, 3.05) is 6.54 Å². The first-order chi connectivity index (χ1) is 14.7. The first-order valence-corrected chi connectivity index (χ1v) is 11.5. The molecule has 1 N–H and O–H groups in total. The van der Waals surface area contributed by atoms with E-state index in [2.05, 4.69) is 24.4 Å². The molecule has 162 valence electrons. The molecule has 0 amide bonds. The van der Waals surface area contributed by atoms with Gasteiger partial charge in [-0.15, -0.1) is 0 Å². The molecule has 3 rings (SSSR count). The molecule has 1 atom stereocenters. The fraction of sp³-hybridized carbons (Fsp3) is 0.500. The third kappa shape index (κ3) is 7.49. The van der Waals surface area contributed by atoms with Crippen LogP contribution in [0, 0.1) is 0 Å². The average Bonchev–Trinajstić information content (AvgIpc) is 2.78. The van der Waals surface area contributed by atoms with Gasteiger partial charge in [-0.1, -0.05) is 56.9 Å². The number of esters is 1. The second-order valence-corrected chi connectivity index (χ2v) is 8.16. The highest BCUT2D eigenvalue weighted by Crippen LogP contribution is 2.32. The maximum atomic E-state index is 12.1. The predicted molar refractivity (Wildman–Crippen MR) is 121 cm³/mol. The molecule has 0 spiro atoms. The van der Waals surface area contributed by atoms with Crippen LogP contribution in [0.4, 0.5) is 0 Å². The van der Waals surface area contributed by atoms with Crippen molar-refractivity contribution in [3.05, 3.63) is 54.1 Å². The molecule has 0 bridgehead atoms. The number of nitrogens with one attached hydrogen (secondary N) is 1. The number of unbranched alkanes of at least 4 members (excludes halogenated alkanes) is 3. The lowest BCUT2D eigenvalue weighted by Crippen LogP contribution is -2.34. The van der Waals surface area contributed by atoms with E-state index in [-0.39, 0.29) is 5.97 Å². The number of rotatable bonds is 11. The number of piperidine rings is 1. The van der Waals surface area contributed by atoms with Gasteiger partial charge in [0, 0.05) is 12.5 Å². The van der Waals surface area contributed by atoms with E-state index in [9.17, 15) is 4.79 Å². The summed E-state index contributed by atoms with van der Waals surface area (Å²) in [7, 11) is 0. The molecule has 4 heteroatoms. The van der Waals surface area contributed by atoms with Crippen molar-refractivity contribution >= 4 is 5.97 Å². The summed E-state index contributed by atoms with van der Waals surface area (Å²) >= 11 is 0. The molecular weight excluding hydrogens is 374 g/mol. The maximum absolute atomic E-state index is 12.1. The quantitative estimate of drug-likeness (QED) is 0.264. The van der Waals surface area contributed by atoms with Crippen molar-refractivity contribution in [1.82, 2.24) is 5.32 Å². The van der Waals surface area contributed by atoms with E-state index < -0.39 is 0 Å². The van der Waals surface area contributed by atoms with Gasteiger partial charge in [0.25, 0.3) is 0 Å². The smallest absolute Gasteiger partial charge is 0.311 e. The molecule has 2 aromatic rings. The van der Waals surface area contributed by atoms with Gasteiger partial charge in [-0.2, -0.15) is 0 Å². The third-order valence-electron chi connectivity index (χ3n) is 5.65. The average molecular weight is 410 g/mol. The summed E-state index contributed by atoms with van der Waals surface area (Å²) in [5.74, 6) is 1.60. The second-order valence-electron chi connectivity index (χ2n) is 8.16. The Bertz CT molecular complexity index is 766. The third-order valence-corrected chi connectivity index (χ3v) is 5.65. The van der Waals surface area contributed by atoms with Crippen LogP contribution in [0.5, 0.6) is 17.2 Å². The molecule has 1 aliphatic rings. The lowest BCUT2D eigenvalue weighted by molar-refractivity contribution is -0.134. The highest BCUT2D eigenvalue weighted by molar-refractivity contribution is 5.73. The highest BCUT2D eigenvalue weighted by Gasteiger charge is 2.13. The van der Waals surface area contributed by atoms with Crippen molar-refractivity contribution in [2.45, 2.75) is 77.2 Å². The normalized spacial score (nSPS) is 16.2. The van der Waals surface area contributed by atoms with Crippen molar-refractivity contribution in [3.8, 4) is 17.2 Å². The Labute approximate surface area is 181 Å². The molecule has 1 unspecified atom stereocenters. The lowest BCUT2D eigenvalue weighted by Gasteiger charge is -2.23. The zero-order valence-electron chi connectivity index (χ0n) is 18.2. The fourth-order valence-electron chi connectivity index (χ4n) is 3.85. The highest BCUT2D eigenvalue weighted by atomic mass is 16.6. The molecule has 0 saturated carbocycles. The van der Waals surface area contributed by atoms with E-state index in [1.165, 1.54) is 31.2 Å². The SMILES string of the molecule is CCCCCCC(=O)Oc1ccccc1Oc1ccc(CCC2CCCCN2)cc1. The zero-order valence-corrected chi connectivity index (χ0v) is 18.2. The van der Waals surface area contributed by atoms with Crippen LogP contribution in [0.1, 0.15) is 70.3 Å². The van der Waals surface area contributed by atoms with Gasteiger partial charge in [0.1, 0.15) is 5.75 Å². The van der Waals surface area contributed by atoms with Gasteiger partial charge in [-0.3, -0.25) is 4.79 Å². The zero-order chi connectivity index (χ0) is 21.0. The van der Waals surface area contributed by atoms with Crippen LogP contribution < -0.4 is 14.8 Å². The molecule has 0 aliphatic carbocycles. The van der Waals surface area contributed by atoms with Crippen LogP contribution >= 0.6 is 0 Å². The summed E-state index contributed by atoms with van der Waals surface area (Å²) in [6.45, 7) is 3.31. The number of hydrogen-bond donors (Lipinski definition) is 1.